The highest BCUT2D eigenvalue weighted by Crippen LogP contribution is 2.50. The Morgan fingerprint density at radius 3 is 2.25 bits per heavy atom. The smallest absolute Gasteiger partial charge is 0.207 e. The van der Waals surface area contributed by atoms with Crippen molar-refractivity contribution < 1.29 is 8.78 Å². The van der Waals surface area contributed by atoms with Crippen LogP contribution in [0.2, 0.25) is 0 Å². The van der Waals surface area contributed by atoms with Crippen LogP contribution in [-0.2, 0) is 0 Å². The van der Waals surface area contributed by atoms with Crippen molar-refractivity contribution in [1.82, 2.24) is 0 Å². The molecule has 1 saturated carbocycles. The molecule has 0 spiro atoms. The summed E-state index contributed by atoms with van der Waals surface area (Å²) in [6.45, 7) is 0. The average Bonchev–Trinajstić information content (AvgIpc) is 2.15. The van der Waals surface area contributed by atoms with Crippen LogP contribution in [0.15, 0.2) is 0 Å². The van der Waals surface area contributed by atoms with Crippen molar-refractivity contribution in [2.24, 2.45) is 5.92 Å². The SMILES string of the molecule is FC1(F)CC1CCS. The molecule has 0 heterocycles. The molecule has 1 aliphatic rings. The van der Waals surface area contributed by atoms with Gasteiger partial charge in [0.1, 0.15) is 0 Å². The third kappa shape index (κ3) is 1.13. The predicted molar refractivity (Wildman–Crippen MR) is 31.5 cm³/mol. The number of thiol groups is 1. The first-order valence-electron chi connectivity index (χ1n) is 2.65. The van der Waals surface area contributed by atoms with Gasteiger partial charge in [-0.05, 0) is 12.2 Å². The molecule has 1 rings (SSSR count). The van der Waals surface area contributed by atoms with Crippen LogP contribution in [0.5, 0.6) is 0 Å². The summed E-state index contributed by atoms with van der Waals surface area (Å²) >= 11 is 3.84. The van der Waals surface area contributed by atoms with Gasteiger partial charge >= 0.3 is 0 Å². The zero-order valence-corrected chi connectivity index (χ0v) is 5.30. The minimum absolute atomic E-state index is 0.0908. The molecule has 3 heteroatoms. The summed E-state index contributed by atoms with van der Waals surface area (Å²) in [7, 11) is 0. The van der Waals surface area contributed by atoms with Gasteiger partial charge in [-0.15, -0.1) is 0 Å². The quantitative estimate of drug-likeness (QED) is 0.554. The summed E-state index contributed by atoms with van der Waals surface area (Å²) in [5, 5.41) is 0. The molecule has 1 unspecified atom stereocenters. The molecular formula is C5H8F2S. The normalized spacial score (nSPS) is 32.6. The van der Waals surface area contributed by atoms with E-state index in [-0.39, 0.29) is 12.3 Å². The van der Waals surface area contributed by atoms with E-state index in [1.165, 1.54) is 0 Å². The van der Waals surface area contributed by atoms with Crippen molar-refractivity contribution in [3.63, 3.8) is 0 Å². The first-order chi connectivity index (χ1) is 3.67. The fourth-order valence-corrected chi connectivity index (χ4v) is 1.05. The van der Waals surface area contributed by atoms with E-state index in [4.69, 9.17) is 0 Å². The highest BCUT2D eigenvalue weighted by Gasteiger charge is 2.55. The minimum Gasteiger partial charge on any atom is -0.207 e. The van der Waals surface area contributed by atoms with Gasteiger partial charge in [-0.25, -0.2) is 8.78 Å². The first kappa shape index (κ1) is 6.33. The molecule has 0 aromatic carbocycles. The molecule has 0 aliphatic heterocycles. The molecule has 48 valence electrons. The number of rotatable bonds is 2. The molecule has 1 fully saturated rings. The second-order valence-corrected chi connectivity index (χ2v) is 2.62. The highest BCUT2D eigenvalue weighted by atomic mass is 32.1. The van der Waals surface area contributed by atoms with Crippen molar-refractivity contribution in [2.75, 3.05) is 5.75 Å². The summed E-state index contributed by atoms with van der Waals surface area (Å²) in [5.41, 5.74) is 0. The Balaban J connectivity index is 2.17. The third-order valence-corrected chi connectivity index (χ3v) is 1.69. The molecule has 1 aliphatic carbocycles. The first-order valence-corrected chi connectivity index (χ1v) is 3.29. The summed E-state index contributed by atoms with van der Waals surface area (Å²) in [6, 6.07) is 0. The summed E-state index contributed by atoms with van der Waals surface area (Å²) in [4.78, 5) is 0. The number of hydrogen-bond acceptors (Lipinski definition) is 1. The van der Waals surface area contributed by atoms with Crippen LogP contribution in [0, 0.1) is 5.92 Å². The van der Waals surface area contributed by atoms with Crippen molar-refractivity contribution in [2.45, 2.75) is 18.8 Å². The lowest BCUT2D eigenvalue weighted by Crippen LogP contribution is -1.93. The Labute approximate surface area is 52.7 Å². The predicted octanol–water partition coefficient (Wildman–Crippen LogP) is 1.96. The maximum atomic E-state index is 11.9. The fourth-order valence-electron chi connectivity index (χ4n) is 0.739. The van der Waals surface area contributed by atoms with Crippen LogP contribution in [0.25, 0.3) is 0 Å². The standard InChI is InChI=1S/C5H8F2S/c6-5(7)3-4(5)1-2-8/h4,8H,1-3H2. The van der Waals surface area contributed by atoms with Crippen molar-refractivity contribution in [1.29, 1.82) is 0 Å². The van der Waals surface area contributed by atoms with Gasteiger partial charge in [-0.1, -0.05) is 0 Å². The van der Waals surface area contributed by atoms with Gasteiger partial charge in [0, 0.05) is 12.3 Å². The average molecular weight is 138 g/mol. The maximum absolute atomic E-state index is 11.9. The number of halogens is 2. The molecule has 0 nitrogen and oxygen atoms in total. The van der Waals surface area contributed by atoms with E-state index in [1.54, 1.807) is 0 Å². The highest BCUT2D eigenvalue weighted by molar-refractivity contribution is 7.80. The van der Waals surface area contributed by atoms with Crippen LogP contribution in [0.3, 0.4) is 0 Å². The van der Waals surface area contributed by atoms with E-state index >= 15 is 0 Å². The Morgan fingerprint density at radius 2 is 2.12 bits per heavy atom. The van der Waals surface area contributed by atoms with Gasteiger partial charge in [0.2, 0.25) is 0 Å². The van der Waals surface area contributed by atoms with Crippen LogP contribution in [-0.4, -0.2) is 11.7 Å². The zero-order chi connectivity index (χ0) is 6.20. The molecule has 0 amide bonds. The van der Waals surface area contributed by atoms with E-state index < -0.39 is 5.92 Å². The van der Waals surface area contributed by atoms with Gasteiger partial charge in [0.15, 0.2) is 0 Å². The second-order valence-electron chi connectivity index (χ2n) is 2.17. The van der Waals surface area contributed by atoms with E-state index in [0.717, 1.165) is 0 Å². The summed E-state index contributed by atoms with van der Waals surface area (Å²) in [6.07, 6.45) is 0.656. The Hall–Kier alpha value is 0.210. The second kappa shape index (κ2) is 1.87. The van der Waals surface area contributed by atoms with Crippen LogP contribution < -0.4 is 0 Å². The molecule has 0 bridgehead atoms. The topological polar surface area (TPSA) is 0 Å². The Morgan fingerprint density at radius 1 is 1.62 bits per heavy atom. The monoisotopic (exact) mass is 138 g/mol. The van der Waals surface area contributed by atoms with Crippen LogP contribution >= 0.6 is 12.6 Å². The largest absolute Gasteiger partial charge is 0.251 e. The molecule has 0 saturated heterocycles. The van der Waals surface area contributed by atoms with E-state index in [1.807, 2.05) is 0 Å². The van der Waals surface area contributed by atoms with E-state index in [9.17, 15) is 8.78 Å². The lowest BCUT2D eigenvalue weighted by atomic mass is 10.3. The molecule has 0 aromatic heterocycles. The lowest BCUT2D eigenvalue weighted by Gasteiger charge is -1.90. The molecule has 0 radical (unpaired) electrons. The number of alkyl halides is 2. The third-order valence-electron chi connectivity index (χ3n) is 1.43. The Kier molecular flexibility index (Phi) is 1.48. The lowest BCUT2D eigenvalue weighted by molar-refractivity contribution is 0.0984. The van der Waals surface area contributed by atoms with Gasteiger partial charge in [-0.3, -0.25) is 0 Å². The van der Waals surface area contributed by atoms with E-state index in [0.29, 0.717) is 12.2 Å². The van der Waals surface area contributed by atoms with Gasteiger partial charge < -0.3 is 0 Å². The van der Waals surface area contributed by atoms with E-state index in [2.05, 4.69) is 12.6 Å². The summed E-state index contributed by atoms with van der Waals surface area (Å²) < 4.78 is 23.9. The zero-order valence-electron chi connectivity index (χ0n) is 4.40. The number of hydrogen-bond donors (Lipinski definition) is 1. The van der Waals surface area contributed by atoms with Crippen molar-refractivity contribution >= 4 is 12.6 Å². The van der Waals surface area contributed by atoms with Gasteiger partial charge in [0.25, 0.3) is 5.92 Å². The molecule has 0 N–H and O–H groups in total. The van der Waals surface area contributed by atoms with Gasteiger partial charge in [-0.2, -0.15) is 12.6 Å². The Bertz CT molecular complexity index is 92.4. The molecule has 8 heavy (non-hydrogen) atoms. The fraction of sp³-hybridized carbons (Fsp3) is 1.00. The van der Waals surface area contributed by atoms with Crippen LogP contribution in [0.4, 0.5) is 8.78 Å². The van der Waals surface area contributed by atoms with Crippen molar-refractivity contribution in [3.05, 3.63) is 0 Å². The minimum atomic E-state index is -2.33. The summed E-state index contributed by atoms with van der Waals surface area (Å²) in [5.74, 6) is -2.09. The molecule has 1 atom stereocenters. The molecular weight excluding hydrogens is 130 g/mol. The van der Waals surface area contributed by atoms with Gasteiger partial charge in [0.05, 0.1) is 0 Å². The maximum Gasteiger partial charge on any atom is 0.251 e. The van der Waals surface area contributed by atoms with Crippen molar-refractivity contribution in [3.8, 4) is 0 Å². The van der Waals surface area contributed by atoms with Crippen LogP contribution in [0.1, 0.15) is 12.8 Å². The molecule has 0 aromatic rings.